The van der Waals surface area contributed by atoms with E-state index < -0.39 is 0 Å². The Kier molecular flexibility index (Phi) is 4.64. The van der Waals surface area contributed by atoms with Gasteiger partial charge in [0.05, 0.1) is 27.9 Å². The van der Waals surface area contributed by atoms with Gasteiger partial charge in [-0.15, -0.1) is 0 Å². The second kappa shape index (κ2) is 8.34. The van der Waals surface area contributed by atoms with Gasteiger partial charge in [-0.05, 0) is 40.5 Å². The quantitative estimate of drug-likeness (QED) is 0.220. The van der Waals surface area contributed by atoms with Crippen LogP contribution in [0.4, 0.5) is 0 Å². The molecule has 0 fully saturated rings. The third-order valence-electron chi connectivity index (χ3n) is 9.03. The van der Waals surface area contributed by atoms with Gasteiger partial charge in [-0.1, -0.05) is 111 Å². The molecule has 1 aliphatic carbocycles. The minimum Gasteiger partial charge on any atom is -0.285 e. The summed E-state index contributed by atoms with van der Waals surface area (Å²) < 4.78 is 2.14. The molecule has 6 aromatic rings. The van der Waals surface area contributed by atoms with Crippen molar-refractivity contribution < 1.29 is 0 Å². The zero-order valence-corrected chi connectivity index (χ0v) is 23.3. The van der Waals surface area contributed by atoms with Gasteiger partial charge < -0.3 is 0 Å². The van der Waals surface area contributed by atoms with Crippen molar-refractivity contribution in [1.82, 2.24) is 19.5 Å². The minimum atomic E-state index is -0.0879. The van der Waals surface area contributed by atoms with E-state index >= 15 is 0 Å². The number of benzene rings is 5. The highest BCUT2D eigenvalue weighted by Gasteiger charge is 2.37. The van der Waals surface area contributed by atoms with Gasteiger partial charge >= 0.3 is 0 Å². The van der Waals surface area contributed by atoms with Crippen molar-refractivity contribution >= 4 is 32.7 Å². The average molecular weight is 539 g/mol. The molecule has 0 unspecified atom stereocenters. The number of pyridine rings is 1. The molecule has 0 spiro atoms. The van der Waals surface area contributed by atoms with Crippen LogP contribution in [0.3, 0.4) is 0 Å². The van der Waals surface area contributed by atoms with Gasteiger partial charge in [0.25, 0.3) is 0 Å². The maximum absolute atomic E-state index is 5.39. The van der Waals surface area contributed by atoms with E-state index in [-0.39, 0.29) is 5.41 Å². The highest BCUT2D eigenvalue weighted by atomic mass is 15.1. The first-order chi connectivity index (χ1) is 20.6. The first-order valence-electron chi connectivity index (χ1n) is 14.4. The zero-order valence-electron chi connectivity index (χ0n) is 23.3. The predicted molar refractivity (Wildman–Crippen MR) is 171 cm³/mol. The summed E-state index contributed by atoms with van der Waals surface area (Å²) in [4.78, 5) is 15.6. The zero-order chi connectivity index (χ0) is 28.0. The highest BCUT2D eigenvalue weighted by Crippen LogP contribution is 2.52. The molecule has 9 rings (SSSR count). The second-order valence-electron chi connectivity index (χ2n) is 11.7. The molecular weight excluding hydrogens is 512 g/mol. The molecule has 0 saturated carbocycles. The third-order valence-corrected chi connectivity index (χ3v) is 9.03. The molecule has 0 atom stereocenters. The minimum absolute atomic E-state index is 0.0879. The molecule has 3 aliphatic rings. The molecule has 3 heterocycles. The first kappa shape index (κ1) is 23.4. The Balaban J connectivity index is 1.39. The number of hydrogen-bond donors (Lipinski definition) is 0. The van der Waals surface area contributed by atoms with Crippen LogP contribution in [-0.4, -0.2) is 19.5 Å². The van der Waals surface area contributed by atoms with E-state index in [0.29, 0.717) is 5.95 Å². The van der Waals surface area contributed by atoms with Crippen LogP contribution >= 0.6 is 0 Å². The molecule has 42 heavy (non-hydrogen) atoms. The summed E-state index contributed by atoms with van der Waals surface area (Å²) in [6.45, 7) is 4.64. The lowest BCUT2D eigenvalue weighted by Gasteiger charge is -2.21. The van der Waals surface area contributed by atoms with Gasteiger partial charge in [0.15, 0.2) is 0 Å². The number of rotatable bonds is 2. The van der Waals surface area contributed by atoms with Gasteiger partial charge in [0.2, 0.25) is 5.95 Å². The van der Waals surface area contributed by atoms with Crippen LogP contribution in [0, 0.1) is 0 Å². The van der Waals surface area contributed by atoms with E-state index in [2.05, 4.69) is 134 Å². The van der Waals surface area contributed by atoms with E-state index in [9.17, 15) is 0 Å². The molecule has 0 radical (unpaired) electrons. The highest BCUT2D eigenvalue weighted by molar-refractivity contribution is 6.07. The van der Waals surface area contributed by atoms with E-state index in [4.69, 9.17) is 15.0 Å². The van der Waals surface area contributed by atoms with Crippen LogP contribution in [-0.2, 0) is 5.41 Å². The fourth-order valence-electron chi connectivity index (χ4n) is 7.02. The Morgan fingerprint density at radius 3 is 1.98 bits per heavy atom. The molecule has 2 aliphatic heterocycles. The van der Waals surface area contributed by atoms with Crippen LogP contribution in [0.5, 0.6) is 0 Å². The molecule has 5 aromatic carbocycles. The van der Waals surface area contributed by atoms with Crippen LogP contribution in [0.1, 0.15) is 25.0 Å². The van der Waals surface area contributed by atoms with Crippen LogP contribution < -0.4 is 0 Å². The average Bonchev–Trinajstić information content (AvgIpc) is 3.53. The number of hydrogen-bond acceptors (Lipinski definition) is 3. The van der Waals surface area contributed by atoms with Crippen molar-refractivity contribution in [2.24, 2.45) is 0 Å². The Morgan fingerprint density at radius 2 is 1.12 bits per heavy atom. The summed E-state index contributed by atoms with van der Waals surface area (Å²) in [5.74, 6) is 0.648. The number of aromatic nitrogens is 4. The van der Waals surface area contributed by atoms with Crippen LogP contribution in [0.2, 0.25) is 0 Å². The Labute approximate surface area is 243 Å². The maximum Gasteiger partial charge on any atom is 0.235 e. The van der Waals surface area contributed by atoms with Crippen molar-refractivity contribution in [3.8, 4) is 39.6 Å². The Morgan fingerprint density at radius 1 is 0.500 bits per heavy atom. The standard InChI is InChI=1S/C38H26N4/c1-38(2)29-17-7-3-13-24(29)34-27(16-11-18-30(34)38)35-25-14-5-9-20-32(25)40-37(41-35)42-22-28-23-12-4-8-19-31(23)39-36(28)26-15-6-10-21-33(26)42/h3-22H,1-2H3. The lowest BCUT2D eigenvalue weighted by Crippen LogP contribution is -2.14. The normalized spacial score (nSPS) is 13.7. The fraction of sp³-hybridized carbons (Fsp3) is 0.0789. The number of fused-ring (bicyclic) bond motifs is 9. The fourth-order valence-corrected chi connectivity index (χ4v) is 7.02. The molecule has 4 nitrogen and oxygen atoms in total. The van der Waals surface area contributed by atoms with Crippen molar-refractivity contribution in [2.45, 2.75) is 19.3 Å². The van der Waals surface area contributed by atoms with Crippen molar-refractivity contribution in [3.63, 3.8) is 0 Å². The van der Waals surface area contributed by atoms with Crippen LogP contribution in [0.25, 0.3) is 72.3 Å². The van der Waals surface area contributed by atoms with E-state index in [0.717, 1.165) is 55.2 Å². The summed E-state index contributed by atoms with van der Waals surface area (Å²) in [7, 11) is 0. The smallest absolute Gasteiger partial charge is 0.235 e. The third kappa shape index (κ3) is 3.09. The van der Waals surface area contributed by atoms with Gasteiger partial charge in [-0.2, -0.15) is 0 Å². The predicted octanol–water partition coefficient (Wildman–Crippen LogP) is 9.20. The molecule has 0 N–H and O–H groups in total. The number of nitrogens with zero attached hydrogens (tertiary/aromatic N) is 4. The molecule has 4 heteroatoms. The van der Waals surface area contributed by atoms with Crippen molar-refractivity contribution in [2.75, 3.05) is 0 Å². The molecule has 0 saturated heterocycles. The summed E-state index contributed by atoms with van der Waals surface area (Å²) in [6, 6.07) is 40.6. The number of para-hydroxylation sites is 3. The van der Waals surface area contributed by atoms with Gasteiger partial charge in [0, 0.05) is 38.9 Å². The van der Waals surface area contributed by atoms with E-state index in [1.54, 1.807) is 0 Å². The van der Waals surface area contributed by atoms with Crippen LogP contribution in [0.15, 0.2) is 121 Å². The van der Waals surface area contributed by atoms with Gasteiger partial charge in [0.1, 0.15) is 0 Å². The van der Waals surface area contributed by atoms with E-state index in [1.165, 1.54) is 22.3 Å². The largest absolute Gasteiger partial charge is 0.285 e. The molecule has 198 valence electrons. The summed E-state index contributed by atoms with van der Waals surface area (Å²) >= 11 is 0. The molecular formula is C38H26N4. The monoisotopic (exact) mass is 538 g/mol. The lowest BCUT2D eigenvalue weighted by atomic mass is 9.82. The van der Waals surface area contributed by atoms with Crippen molar-refractivity contribution in [1.29, 1.82) is 0 Å². The SMILES string of the molecule is CC1(C)c2ccccc2-c2c(-c3nc(-n4cc5c6ccccc6nc-5c5ccccc54)nc4ccccc34)cccc21. The van der Waals surface area contributed by atoms with E-state index in [1.807, 2.05) is 6.07 Å². The summed E-state index contributed by atoms with van der Waals surface area (Å²) in [5.41, 5.74) is 12.3. The lowest BCUT2D eigenvalue weighted by molar-refractivity contribution is 0.660. The molecule has 0 bridgehead atoms. The Hall–Kier alpha value is -5.35. The topological polar surface area (TPSA) is 43.6 Å². The first-order valence-corrected chi connectivity index (χ1v) is 14.4. The molecule has 1 aromatic heterocycles. The van der Waals surface area contributed by atoms with Gasteiger partial charge in [-0.3, -0.25) is 4.57 Å². The van der Waals surface area contributed by atoms with Crippen molar-refractivity contribution in [3.05, 3.63) is 133 Å². The summed E-state index contributed by atoms with van der Waals surface area (Å²) in [6.07, 6.45) is 2.16. The molecule has 0 amide bonds. The summed E-state index contributed by atoms with van der Waals surface area (Å²) in [5, 5.41) is 3.26. The van der Waals surface area contributed by atoms with Gasteiger partial charge in [-0.25, -0.2) is 15.0 Å². The maximum atomic E-state index is 5.39. The Bertz CT molecular complexity index is 2340. The second-order valence-corrected chi connectivity index (χ2v) is 11.7.